The number of hydrogen-bond donors (Lipinski definition) is 1. The Kier molecular flexibility index (Phi) is 3.84. The van der Waals surface area contributed by atoms with Crippen molar-refractivity contribution in [3.63, 3.8) is 0 Å². The van der Waals surface area contributed by atoms with E-state index in [0.717, 1.165) is 5.76 Å². The van der Waals surface area contributed by atoms with E-state index in [4.69, 9.17) is 8.83 Å². The predicted molar refractivity (Wildman–Crippen MR) is 64.0 cm³/mol. The first kappa shape index (κ1) is 12.4. The quantitative estimate of drug-likeness (QED) is 0.825. The molecule has 2 aromatic heterocycles. The van der Waals surface area contributed by atoms with E-state index < -0.39 is 5.97 Å². The summed E-state index contributed by atoms with van der Waals surface area (Å²) in [5, 5.41) is 3.23. The molecule has 18 heavy (non-hydrogen) atoms. The maximum Gasteiger partial charge on any atom is 0.341 e. The highest BCUT2D eigenvalue weighted by Gasteiger charge is 2.12. The number of hydrogen-bond acceptors (Lipinski definition) is 5. The van der Waals surface area contributed by atoms with Crippen molar-refractivity contribution in [2.45, 2.75) is 19.5 Å². The second kappa shape index (κ2) is 5.55. The van der Waals surface area contributed by atoms with Gasteiger partial charge in [0.15, 0.2) is 0 Å². The minimum absolute atomic E-state index is 0.0756. The van der Waals surface area contributed by atoms with Gasteiger partial charge >= 0.3 is 5.97 Å². The standard InChI is InChI=1S/C13H15NO4/c1-9(12-4-3-5-17-12)14-7-11-6-10(8-18-11)13(15)16-2/h3-6,8-9,14H,7H2,1-2H3/t9-/m1/s1. The van der Waals surface area contributed by atoms with Gasteiger partial charge in [-0.3, -0.25) is 0 Å². The Balaban J connectivity index is 1.90. The molecule has 0 aliphatic heterocycles. The highest BCUT2D eigenvalue weighted by Crippen LogP contribution is 2.14. The summed E-state index contributed by atoms with van der Waals surface area (Å²) in [6, 6.07) is 5.48. The number of nitrogens with one attached hydrogen (secondary N) is 1. The monoisotopic (exact) mass is 249 g/mol. The maximum absolute atomic E-state index is 11.2. The molecule has 0 spiro atoms. The Morgan fingerprint density at radius 3 is 3.00 bits per heavy atom. The Morgan fingerprint density at radius 2 is 2.33 bits per heavy atom. The number of furan rings is 2. The molecular weight excluding hydrogens is 234 g/mol. The van der Waals surface area contributed by atoms with Crippen LogP contribution >= 0.6 is 0 Å². The van der Waals surface area contributed by atoms with Gasteiger partial charge in [-0.2, -0.15) is 0 Å². The van der Waals surface area contributed by atoms with Crippen molar-refractivity contribution in [3.8, 4) is 0 Å². The van der Waals surface area contributed by atoms with E-state index in [0.29, 0.717) is 17.9 Å². The average Bonchev–Trinajstić information content (AvgIpc) is 3.05. The molecule has 0 aromatic carbocycles. The lowest BCUT2D eigenvalue weighted by Gasteiger charge is -2.09. The van der Waals surface area contributed by atoms with Gasteiger partial charge in [-0.1, -0.05) is 0 Å². The SMILES string of the molecule is COC(=O)c1coc(CN[C@H](C)c2ccco2)c1. The van der Waals surface area contributed by atoms with E-state index >= 15 is 0 Å². The third-order valence-corrected chi connectivity index (χ3v) is 2.63. The fraction of sp³-hybridized carbons (Fsp3) is 0.308. The zero-order valence-electron chi connectivity index (χ0n) is 10.3. The molecule has 5 heteroatoms. The van der Waals surface area contributed by atoms with Crippen molar-refractivity contribution in [2.75, 3.05) is 7.11 Å². The van der Waals surface area contributed by atoms with Crippen molar-refractivity contribution in [1.29, 1.82) is 0 Å². The van der Waals surface area contributed by atoms with Crippen LogP contribution in [0.5, 0.6) is 0 Å². The summed E-state index contributed by atoms with van der Waals surface area (Å²) in [5.41, 5.74) is 0.417. The van der Waals surface area contributed by atoms with Crippen LogP contribution in [0.2, 0.25) is 0 Å². The van der Waals surface area contributed by atoms with Crippen molar-refractivity contribution in [1.82, 2.24) is 5.32 Å². The number of esters is 1. The lowest BCUT2D eigenvalue weighted by molar-refractivity contribution is 0.0600. The number of carbonyl (C=O) groups excluding carboxylic acids is 1. The fourth-order valence-corrected chi connectivity index (χ4v) is 1.59. The number of methoxy groups -OCH3 is 1. The minimum atomic E-state index is -0.399. The summed E-state index contributed by atoms with van der Waals surface area (Å²) in [7, 11) is 1.34. The molecule has 0 saturated carbocycles. The molecule has 2 rings (SSSR count). The molecule has 5 nitrogen and oxygen atoms in total. The molecule has 2 heterocycles. The minimum Gasteiger partial charge on any atom is -0.468 e. The molecule has 0 radical (unpaired) electrons. The summed E-state index contributed by atoms with van der Waals surface area (Å²) in [6.07, 6.45) is 3.02. The van der Waals surface area contributed by atoms with E-state index in [2.05, 4.69) is 10.1 Å². The predicted octanol–water partition coefficient (Wildman–Crippen LogP) is 2.51. The molecule has 2 aromatic rings. The van der Waals surface area contributed by atoms with Gasteiger partial charge < -0.3 is 18.9 Å². The molecule has 0 saturated heterocycles. The Bertz CT molecular complexity index is 501. The normalized spacial score (nSPS) is 12.3. The van der Waals surface area contributed by atoms with Crippen molar-refractivity contribution in [2.24, 2.45) is 0 Å². The molecule has 0 amide bonds. The van der Waals surface area contributed by atoms with Crippen molar-refractivity contribution >= 4 is 5.97 Å². The molecular formula is C13H15NO4. The number of rotatable bonds is 5. The second-order valence-corrected chi connectivity index (χ2v) is 3.91. The van der Waals surface area contributed by atoms with Crippen LogP contribution in [0.4, 0.5) is 0 Å². The largest absolute Gasteiger partial charge is 0.468 e. The van der Waals surface area contributed by atoms with Crippen molar-refractivity contribution in [3.05, 3.63) is 47.8 Å². The molecule has 0 aliphatic carbocycles. The first-order chi connectivity index (χ1) is 8.70. The van der Waals surface area contributed by atoms with Gasteiger partial charge in [-0.15, -0.1) is 0 Å². The molecule has 1 N–H and O–H groups in total. The topological polar surface area (TPSA) is 64.6 Å². The Hall–Kier alpha value is -2.01. The van der Waals surface area contributed by atoms with Gasteiger partial charge in [-0.25, -0.2) is 4.79 Å². The highest BCUT2D eigenvalue weighted by atomic mass is 16.5. The van der Waals surface area contributed by atoms with Gasteiger partial charge in [0.2, 0.25) is 0 Å². The average molecular weight is 249 g/mol. The molecule has 0 fully saturated rings. The highest BCUT2D eigenvalue weighted by molar-refractivity contribution is 5.88. The zero-order chi connectivity index (χ0) is 13.0. The van der Waals surface area contributed by atoms with E-state index in [9.17, 15) is 4.79 Å². The summed E-state index contributed by atoms with van der Waals surface area (Å²) < 4.78 is 15.1. The van der Waals surface area contributed by atoms with Gasteiger partial charge in [0.25, 0.3) is 0 Å². The van der Waals surface area contributed by atoms with E-state index in [1.807, 2.05) is 19.1 Å². The van der Waals surface area contributed by atoms with Crippen LogP contribution in [0.15, 0.2) is 39.6 Å². The number of carbonyl (C=O) groups is 1. The van der Waals surface area contributed by atoms with Crippen LogP contribution in [-0.4, -0.2) is 13.1 Å². The van der Waals surface area contributed by atoms with Gasteiger partial charge in [-0.05, 0) is 25.1 Å². The first-order valence-corrected chi connectivity index (χ1v) is 5.63. The molecule has 0 aliphatic rings. The third-order valence-electron chi connectivity index (χ3n) is 2.63. The molecule has 1 atom stereocenters. The van der Waals surface area contributed by atoms with Gasteiger partial charge in [0.1, 0.15) is 17.8 Å². The lowest BCUT2D eigenvalue weighted by atomic mass is 10.2. The van der Waals surface area contributed by atoms with E-state index in [1.165, 1.54) is 13.4 Å². The van der Waals surface area contributed by atoms with Crippen LogP contribution in [0, 0.1) is 0 Å². The summed E-state index contributed by atoms with van der Waals surface area (Å²) in [5.74, 6) is 1.13. The number of ether oxygens (including phenoxy) is 1. The summed E-state index contributed by atoms with van der Waals surface area (Å²) >= 11 is 0. The fourth-order valence-electron chi connectivity index (χ4n) is 1.59. The third kappa shape index (κ3) is 2.81. The Labute approximate surface area is 105 Å². The molecule has 0 unspecified atom stereocenters. The van der Waals surface area contributed by atoms with Gasteiger partial charge in [0, 0.05) is 0 Å². The maximum atomic E-state index is 11.2. The Morgan fingerprint density at radius 1 is 1.50 bits per heavy atom. The van der Waals surface area contributed by atoms with Crippen LogP contribution < -0.4 is 5.32 Å². The van der Waals surface area contributed by atoms with Crippen LogP contribution in [0.3, 0.4) is 0 Å². The van der Waals surface area contributed by atoms with E-state index in [1.54, 1.807) is 12.3 Å². The van der Waals surface area contributed by atoms with Gasteiger partial charge in [0.05, 0.1) is 31.5 Å². The zero-order valence-corrected chi connectivity index (χ0v) is 10.3. The lowest BCUT2D eigenvalue weighted by Crippen LogP contribution is -2.17. The van der Waals surface area contributed by atoms with Crippen molar-refractivity contribution < 1.29 is 18.4 Å². The first-order valence-electron chi connectivity index (χ1n) is 5.63. The van der Waals surface area contributed by atoms with Crippen LogP contribution in [-0.2, 0) is 11.3 Å². The smallest absolute Gasteiger partial charge is 0.341 e. The van der Waals surface area contributed by atoms with Crippen LogP contribution in [0.25, 0.3) is 0 Å². The second-order valence-electron chi connectivity index (χ2n) is 3.91. The summed E-state index contributed by atoms with van der Waals surface area (Å²) in [6.45, 7) is 2.50. The van der Waals surface area contributed by atoms with E-state index in [-0.39, 0.29) is 6.04 Å². The molecule has 96 valence electrons. The molecule has 0 bridgehead atoms. The summed E-state index contributed by atoms with van der Waals surface area (Å²) in [4.78, 5) is 11.2. The van der Waals surface area contributed by atoms with Crippen LogP contribution in [0.1, 0.15) is 34.8 Å².